The van der Waals surface area contributed by atoms with E-state index in [2.05, 4.69) is 20.4 Å². The van der Waals surface area contributed by atoms with Gasteiger partial charge in [0.2, 0.25) is 16.0 Å². The maximum absolute atomic E-state index is 13.7. The summed E-state index contributed by atoms with van der Waals surface area (Å²) in [5.41, 5.74) is 4.87. The van der Waals surface area contributed by atoms with Crippen LogP contribution in [0.2, 0.25) is 0 Å². The summed E-state index contributed by atoms with van der Waals surface area (Å²) < 4.78 is 69.6. The van der Waals surface area contributed by atoms with Gasteiger partial charge in [0.15, 0.2) is 0 Å². The fourth-order valence-electron chi connectivity index (χ4n) is 5.06. The number of hydrogen-bond donors (Lipinski definition) is 2. The quantitative estimate of drug-likeness (QED) is 0.609. The molecule has 1 saturated heterocycles. The van der Waals surface area contributed by atoms with Gasteiger partial charge in [0, 0.05) is 42.6 Å². The van der Waals surface area contributed by atoms with Crippen LogP contribution in [0.25, 0.3) is 11.3 Å². The average Bonchev–Trinajstić information content (AvgIpc) is 3.20. The molecule has 1 aliphatic heterocycles. The molecule has 35 heavy (non-hydrogen) atoms. The van der Waals surface area contributed by atoms with Gasteiger partial charge in [0.25, 0.3) is 0 Å². The van der Waals surface area contributed by atoms with Crippen LogP contribution in [0, 0.1) is 0 Å². The van der Waals surface area contributed by atoms with Gasteiger partial charge < -0.3 is 11.1 Å². The number of piperidine rings is 1. The Kier molecular flexibility index (Phi) is 6.07. The lowest BCUT2D eigenvalue weighted by Crippen LogP contribution is -2.49. The Hall–Kier alpha value is -2.25. The number of hydrogen-bond acceptors (Lipinski definition) is 7. The van der Waals surface area contributed by atoms with E-state index in [1.807, 2.05) is 6.92 Å². The molecule has 2 aromatic rings. The molecule has 0 spiro atoms. The predicted octanol–water partition coefficient (Wildman–Crippen LogP) is 3.17. The maximum atomic E-state index is 13.7. The standard InChI is InChI=1S/C22H30F3N7O2S/c1-21(26)9-16(10-21)32-13-14(11-28-32)19-18(22(23,24)25)12-27-20(30-19)29-15-5-7-31(8-6-15)35(33,34)17-3-2-4-17/h11-13,15-17H,2-10,26H2,1H3,(H,27,29,30). The Morgan fingerprint density at radius 2 is 1.83 bits per heavy atom. The van der Waals surface area contributed by atoms with Crippen molar-refractivity contribution in [2.75, 3.05) is 18.4 Å². The van der Waals surface area contributed by atoms with E-state index in [-0.39, 0.29) is 40.1 Å². The third-order valence-corrected chi connectivity index (χ3v) is 9.77. The highest BCUT2D eigenvalue weighted by molar-refractivity contribution is 7.89. The molecule has 0 unspecified atom stereocenters. The van der Waals surface area contributed by atoms with Crippen LogP contribution >= 0.6 is 0 Å². The monoisotopic (exact) mass is 513 g/mol. The Morgan fingerprint density at radius 1 is 1.14 bits per heavy atom. The van der Waals surface area contributed by atoms with Crippen LogP contribution in [-0.2, 0) is 16.2 Å². The van der Waals surface area contributed by atoms with Crippen molar-refractivity contribution < 1.29 is 21.6 Å². The van der Waals surface area contributed by atoms with Crippen molar-refractivity contribution >= 4 is 16.0 Å². The molecule has 9 nitrogen and oxygen atoms in total. The molecule has 3 N–H and O–H groups in total. The predicted molar refractivity (Wildman–Crippen MR) is 124 cm³/mol. The fraction of sp³-hybridized carbons (Fsp3) is 0.682. The summed E-state index contributed by atoms with van der Waals surface area (Å²) in [5.74, 6) is 0.0826. The van der Waals surface area contributed by atoms with Crippen molar-refractivity contribution in [2.24, 2.45) is 5.73 Å². The van der Waals surface area contributed by atoms with Gasteiger partial charge in [-0.05, 0) is 45.4 Å². The maximum Gasteiger partial charge on any atom is 0.419 e. The zero-order chi connectivity index (χ0) is 25.0. The lowest BCUT2D eigenvalue weighted by Gasteiger charge is -2.42. The molecule has 192 valence electrons. The van der Waals surface area contributed by atoms with Crippen molar-refractivity contribution in [3.05, 3.63) is 24.2 Å². The topological polar surface area (TPSA) is 119 Å². The van der Waals surface area contributed by atoms with E-state index in [0.717, 1.165) is 12.6 Å². The van der Waals surface area contributed by atoms with E-state index in [1.165, 1.54) is 10.5 Å². The SMILES string of the molecule is CC1(N)CC(n2cc(-c3nc(NC4CCN(S(=O)(=O)C5CCC5)CC4)ncc3C(F)(F)F)cn2)C1. The number of aromatic nitrogens is 4. The lowest BCUT2D eigenvalue weighted by atomic mass is 9.75. The number of nitrogens with two attached hydrogens (primary N) is 1. The summed E-state index contributed by atoms with van der Waals surface area (Å²) in [5, 5.41) is 7.09. The first kappa shape index (κ1) is 24.4. The van der Waals surface area contributed by atoms with Crippen molar-refractivity contribution in [2.45, 2.75) is 80.9 Å². The highest BCUT2D eigenvalue weighted by atomic mass is 32.2. The molecule has 5 rings (SSSR count). The Balaban J connectivity index is 1.30. The number of alkyl halides is 3. The fourth-order valence-corrected chi connectivity index (χ4v) is 7.13. The molecular weight excluding hydrogens is 483 g/mol. The summed E-state index contributed by atoms with van der Waals surface area (Å²) in [6.07, 6.45) is 3.97. The molecule has 2 aromatic heterocycles. The lowest BCUT2D eigenvalue weighted by molar-refractivity contribution is -0.137. The Bertz CT molecular complexity index is 1180. The number of sulfonamides is 1. The van der Waals surface area contributed by atoms with E-state index in [9.17, 15) is 21.6 Å². The van der Waals surface area contributed by atoms with Gasteiger partial charge in [0.05, 0.1) is 23.2 Å². The van der Waals surface area contributed by atoms with Crippen LogP contribution in [0.3, 0.4) is 0 Å². The zero-order valence-corrected chi connectivity index (χ0v) is 20.3. The summed E-state index contributed by atoms with van der Waals surface area (Å²) in [4.78, 5) is 8.13. The summed E-state index contributed by atoms with van der Waals surface area (Å²) in [7, 11) is -3.26. The van der Waals surface area contributed by atoms with E-state index in [4.69, 9.17) is 5.73 Å². The molecule has 2 saturated carbocycles. The third-order valence-electron chi connectivity index (χ3n) is 7.37. The number of nitrogens with one attached hydrogen (secondary N) is 1. The van der Waals surface area contributed by atoms with Gasteiger partial charge in [-0.2, -0.15) is 18.3 Å². The molecule has 3 aliphatic rings. The van der Waals surface area contributed by atoms with Crippen LogP contribution in [0.4, 0.5) is 19.1 Å². The minimum absolute atomic E-state index is 0.0499. The Labute approximate surface area is 202 Å². The van der Waals surface area contributed by atoms with Crippen molar-refractivity contribution in [1.82, 2.24) is 24.1 Å². The number of nitrogens with zero attached hydrogens (tertiary/aromatic N) is 5. The van der Waals surface area contributed by atoms with E-state index < -0.39 is 21.8 Å². The Morgan fingerprint density at radius 3 is 2.40 bits per heavy atom. The molecule has 0 bridgehead atoms. The minimum atomic E-state index is -4.62. The van der Waals surface area contributed by atoms with Crippen molar-refractivity contribution in [3.63, 3.8) is 0 Å². The average molecular weight is 514 g/mol. The normalized spacial score (nSPS) is 26.8. The van der Waals surface area contributed by atoms with Gasteiger partial charge in [-0.1, -0.05) is 6.42 Å². The molecule has 13 heteroatoms. The molecule has 3 heterocycles. The second kappa shape index (κ2) is 8.70. The highest BCUT2D eigenvalue weighted by Gasteiger charge is 2.40. The van der Waals surface area contributed by atoms with E-state index in [0.29, 0.717) is 51.6 Å². The number of rotatable bonds is 6. The first-order chi connectivity index (χ1) is 16.4. The minimum Gasteiger partial charge on any atom is -0.351 e. The van der Waals surface area contributed by atoms with Crippen LogP contribution in [-0.4, -0.2) is 62.4 Å². The first-order valence-corrected chi connectivity index (χ1v) is 13.5. The van der Waals surface area contributed by atoms with Crippen molar-refractivity contribution in [1.29, 1.82) is 0 Å². The van der Waals surface area contributed by atoms with Gasteiger partial charge in [-0.25, -0.2) is 22.7 Å². The largest absolute Gasteiger partial charge is 0.419 e. The molecule has 0 radical (unpaired) electrons. The number of anilines is 1. The van der Waals surface area contributed by atoms with Gasteiger partial charge in [-0.3, -0.25) is 4.68 Å². The van der Waals surface area contributed by atoms with E-state index >= 15 is 0 Å². The highest BCUT2D eigenvalue weighted by Crippen LogP contribution is 2.41. The third kappa shape index (κ3) is 4.90. The summed E-state index contributed by atoms with van der Waals surface area (Å²) in [6.45, 7) is 2.68. The van der Waals surface area contributed by atoms with E-state index in [1.54, 1.807) is 10.9 Å². The van der Waals surface area contributed by atoms with Crippen LogP contribution in [0.1, 0.15) is 63.5 Å². The zero-order valence-electron chi connectivity index (χ0n) is 19.5. The summed E-state index contributed by atoms with van der Waals surface area (Å²) >= 11 is 0. The van der Waals surface area contributed by atoms with Crippen LogP contribution in [0.15, 0.2) is 18.6 Å². The second-order valence-corrected chi connectivity index (χ2v) is 12.5. The molecule has 0 atom stereocenters. The second-order valence-electron chi connectivity index (χ2n) is 10.3. The molecule has 0 aromatic carbocycles. The molecular formula is C22H30F3N7O2S. The summed E-state index contributed by atoms with van der Waals surface area (Å²) in [6, 6.07) is -0.0822. The molecule has 3 fully saturated rings. The number of halogens is 3. The van der Waals surface area contributed by atoms with Gasteiger partial charge >= 0.3 is 6.18 Å². The van der Waals surface area contributed by atoms with Crippen molar-refractivity contribution in [3.8, 4) is 11.3 Å². The molecule has 2 aliphatic carbocycles. The van der Waals surface area contributed by atoms with Gasteiger partial charge in [-0.15, -0.1) is 0 Å². The van der Waals surface area contributed by atoms with Crippen LogP contribution in [0.5, 0.6) is 0 Å². The van der Waals surface area contributed by atoms with Crippen LogP contribution < -0.4 is 11.1 Å². The first-order valence-electron chi connectivity index (χ1n) is 12.0. The smallest absolute Gasteiger partial charge is 0.351 e. The van der Waals surface area contributed by atoms with Gasteiger partial charge in [0.1, 0.15) is 5.56 Å². The molecule has 0 amide bonds.